The van der Waals surface area contributed by atoms with Crippen LogP contribution in [0.25, 0.3) is 11.1 Å². The fourth-order valence-corrected chi connectivity index (χ4v) is 2.65. The minimum atomic E-state index is 0.175. The molecule has 2 aromatic rings. The number of para-hydroxylation sites is 1. The molecule has 3 nitrogen and oxygen atoms in total. The summed E-state index contributed by atoms with van der Waals surface area (Å²) in [7, 11) is 0. The van der Waals surface area contributed by atoms with Crippen molar-refractivity contribution in [1.29, 1.82) is 0 Å². The minimum absolute atomic E-state index is 0.175. The van der Waals surface area contributed by atoms with E-state index in [4.69, 9.17) is 0 Å². The lowest BCUT2D eigenvalue weighted by molar-refractivity contribution is -0.128. The van der Waals surface area contributed by atoms with E-state index in [1.807, 2.05) is 53.4 Å². The van der Waals surface area contributed by atoms with Gasteiger partial charge in [-0.25, -0.2) is 0 Å². The highest BCUT2D eigenvalue weighted by molar-refractivity contribution is 5.78. The Balaban J connectivity index is 1.91. The third-order valence-electron chi connectivity index (χ3n) is 3.74. The smallest absolute Gasteiger partial charge is 0.222 e. The topological polar surface area (TPSA) is 40.5 Å². The van der Waals surface area contributed by atoms with Crippen LogP contribution in [0.4, 0.5) is 0 Å². The van der Waals surface area contributed by atoms with Crippen molar-refractivity contribution < 1.29 is 9.90 Å². The fraction of sp³-hybridized carbons (Fsp3) is 0.235. The first-order valence-corrected chi connectivity index (χ1v) is 6.90. The third kappa shape index (κ3) is 2.39. The summed E-state index contributed by atoms with van der Waals surface area (Å²) in [5, 5.41) is 10.5. The van der Waals surface area contributed by atoms with E-state index in [1.165, 1.54) is 0 Å². The maximum absolute atomic E-state index is 11.7. The van der Waals surface area contributed by atoms with Gasteiger partial charge in [-0.2, -0.15) is 0 Å². The van der Waals surface area contributed by atoms with Crippen molar-refractivity contribution in [1.82, 2.24) is 4.90 Å². The number of carbonyl (C=O) groups excluding carboxylic acids is 1. The van der Waals surface area contributed by atoms with Gasteiger partial charge in [0, 0.05) is 30.6 Å². The van der Waals surface area contributed by atoms with Crippen LogP contribution in [0.2, 0.25) is 0 Å². The van der Waals surface area contributed by atoms with Crippen LogP contribution in [0.5, 0.6) is 5.75 Å². The van der Waals surface area contributed by atoms with Crippen LogP contribution in [-0.2, 0) is 11.3 Å². The highest BCUT2D eigenvalue weighted by Crippen LogP contribution is 2.33. The van der Waals surface area contributed by atoms with Gasteiger partial charge in [0.2, 0.25) is 5.91 Å². The second kappa shape index (κ2) is 5.37. The number of likely N-dealkylation sites (tertiary alicyclic amines) is 1. The van der Waals surface area contributed by atoms with Gasteiger partial charge in [-0.15, -0.1) is 0 Å². The van der Waals surface area contributed by atoms with Gasteiger partial charge < -0.3 is 10.0 Å². The monoisotopic (exact) mass is 267 g/mol. The number of phenols is 1. The first-order chi connectivity index (χ1) is 9.75. The van der Waals surface area contributed by atoms with Crippen molar-refractivity contribution in [3.63, 3.8) is 0 Å². The lowest BCUT2D eigenvalue weighted by Gasteiger charge is -2.17. The SMILES string of the molecule is O=C1CCCN1Cc1cccc(-c2ccccc2)c1O. The molecule has 0 aliphatic carbocycles. The Morgan fingerprint density at radius 2 is 1.85 bits per heavy atom. The molecule has 1 aliphatic heterocycles. The molecule has 0 spiro atoms. The van der Waals surface area contributed by atoms with E-state index in [0.717, 1.165) is 29.7 Å². The van der Waals surface area contributed by atoms with Crippen LogP contribution >= 0.6 is 0 Å². The summed E-state index contributed by atoms with van der Waals surface area (Å²) >= 11 is 0. The van der Waals surface area contributed by atoms with E-state index in [9.17, 15) is 9.90 Å². The number of phenolic OH excluding ortho intramolecular Hbond substituents is 1. The van der Waals surface area contributed by atoms with Gasteiger partial charge in [0.05, 0.1) is 0 Å². The molecule has 0 saturated carbocycles. The molecule has 0 radical (unpaired) electrons. The standard InChI is InChI=1S/C17H17NO2/c19-16-10-5-11-18(16)12-14-8-4-9-15(17(14)20)13-6-2-1-3-7-13/h1-4,6-9,20H,5,10-12H2. The number of nitrogens with zero attached hydrogens (tertiary/aromatic N) is 1. The number of rotatable bonds is 3. The zero-order chi connectivity index (χ0) is 13.9. The summed E-state index contributed by atoms with van der Waals surface area (Å²) in [6.45, 7) is 1.28. The van der Waals surface area contributed by atoms with Gasteiger partial charge in [-0.1, -0.05) is 48.5 Å². The molecule has 0 unspecified atom stereocenters. The molecule has 1 saturated heterocycles. The van der Waals surface area contributed by atoms with Crippen LogP contribution < -0.4 is 0 Å². The molecule has 0 atom stereocenters. The predicted molar refractivity (Wildman–Crippen MR) is 78.2 cm³/mol. The first kappa shape index (κ1) is 12.7. The van der Waals surface area contributed by atoms with E-state index < -0.39 is 0 Å². The molecule has 2 aromatic carbocycles. The van der Waals surface area contributed by atoms with Crippen LogP contribution in [0.3, 0.4) is 0 Å². The molecule has 1 aliphatic rings. The van der Waals surface area contributed by atoms with E-state index in [1.54, 1.807) is 0 Å². The van der Waals surface area contributed by atoms with Crippen molar-refractivity contribution in [2.45, 2.75) is 19.4 Å². The van der Waals surface area contributed by atoms with E-state index in [-0.39, 0.29) is 11.7 Å². The summed E-state index contributed by atoms with van der Waals surface area (Å²) in [6, 6.07) is 15.5. The normalized spacial score (nSPS) is 14.8. The number of hydrogen-bond donors (Lipinski definition) is 1. The van der Waals surface area contributed by atoms with E-state index in [0.29, 0.717) is 13.0 Å². The fourth-order valence-electron chi connectivity index (χ4n) is 2.65. The van der Waals surface area contributed by atoms with Crippen molar-refractivity contribution in [3.05, 3.63) is 54.1 Å². The molecule has 3 rings (SSSR count). The summed E-state index contributed by atoms with van der Waals surface area (Å²) in [5.41, 5.74) is 2.61. The average Bonchev–Trinajstić information content (AvgIpc) is 2.88. The molecular weight excluding hydrogens is 250 g/mol. The summed E-state index contributed by atoms with van der Waals surface area (Å²) in [5.74, 6) is 0.452. The van der Waals surface area contributed by atoms with Gasteiger partial charge in [-0.05, 0) is 12.0 Å². The zero-order valence-electron chi connectivity index (χ0n) is 11.2. The molecule has 1 heterocycles. The van der Waals surface area contributed by atoms with E-state index in [2.05, 4.69) is 0 Å². The van der Waals surface area contributed by atoms with Gasteiger partial charge >= 0.3 is 0 Å². The molecular formula is C17H17NO2. The molecule has 102 valence electrons. The molecule has 1 fully saturated rings. The highest BCUT2D eigenvalue weighted by atomic mass is 16.3. The van der Waals surface area contributed by atoms with Crippen molar-refractivity contribution in [2.24, 2.45) is 0 Å². The Labute approximate surface area is 118 Å². The van der Waals surface area contributed by atoms with Crippen LogP contribution in [0, 0.1) is 0 Å². The Bertz CT molecular complexity index is 622. The largest absolute Gasteiger partial charge is 0.507 e. The third-order valence-corrected chi connectivity index (χ3v) is 3.74. The van der Waals surface area contributed by atoms with Gasteiger partial charge in [0.25, 0.3) is 0 Å². The summed E-state index contributed by atoms with van der Waals surface area (Å²) in [6.07, 6.45) is 1.54. The van der Waals surface area contributed by atoms with Crippen molar-refractivity contribution in [3.8, 4) is 16.9 Å². The molecule has 1 amide bonds. The maximum atomic E-state index is 11.7. The summed E-state index contributed by atoms with van der Waals surface area (Å²) < 4.78 is 0. The number of aromatic hydroxyl groups is 1. The Morgan fingerprint density at radius 3 is 2.55 bits per heavy atom. The first-order valence-electron chi connectivity index (χ1n) is 6.90. The lowest BCUT2D eigenvalue weighted by Crippen LogP contribution is -2.23. The number of amides is 1. The van der Waals surface area contributed by atoms with Crippen LogP contribution in [0.1, 0.15) is 18.4 Å². The van der Waals surface area contributed by atoms with Gasteiger partial charge in [0.1, 0.15) is 5.75 Å². The van der Waals surface area contributed by atoms with Crippen LogP contribution in [0.15, 0.2) is 48.5 Å². The van der Waals surface area contributed by atoms with Gasteiger partial charge in [-0.3, -0.25) is 4.79 Å². The van der Waals surface area contributed by atoms with Crippen LogP contribution in [-0.4, -0.2) is 22.5 Å². The molecule has 0 bridgehead atoms. The number of hydrogen-bond acceptors (Lipinski definition) is 2. The second-order valence-corrected chi connectivity index (χ2v) is 5.10. The molecule has 0 aromatic heterocycles. The average molecular weight is 267 g/mol. The number of benzene rings is 2. The highest BCUT2D eigenvalue weighted by Gasteiger charge is 2.21. The molecule has 20 heavy (non-hydrogen) atoms. The number of carbonyl (C=O) groups is 1. The maximum Gasteiger partial charge on any atom is 0.222 e. The predicted octanol–water partition coefficient (Wildman–Crippen LogP) is 3.18. The zero-order valence-corrected chi connectivity index (χ0v) is 11.2. The minimum Gasteiger partial charge on any atom is -0.507 e. The van der Waals surface area contributed by atoms with E-state index >= 15 is 0 Å². The quantitative estimate of drug-likeness (QED) is 0.927. The summed E-state index contributed by atoms with van der Waals surface area (Å²) in [4.78, 5) is 13.5. The Kier molecular flexibility index (Phi) is 3.42. The molecule has 1 N–H and O–H groups in total. The van der Waals surface area contributed by atoms with Crippen molar-refractivity contribution >= 4 is 5.91 Å². The Morgan fingerprint density at radius 1 is 1.05 bits per heavy atom. The Hall–Kier alpha value is -2.29. The molecule has 3 heteroatoms. The van der Waals surface area contributed by atoms with Gasteiger partial charge in [0.15, 0.2) is 0 Å². The second-order valence-electron chi connectivity index (χ2n) is 5.10. The lowest BCUT2D eigenvalue weighted by atomic mass is 10.0. The van der Waals surface area contributed by atoms with Crippen molar-refractivity contribution in [2.75, 3.05) is 6.54 Å².